The van der Waals surface area contributed by atoms with Crippen molar-refractivity contribution in [3.8, 4) is 0 Å². The number of nitrogens with one attached hydrogen (secondary N) is 4. The minimum absolute atomic E-state index is 0.0174. The number of carbonyl (C=O) groups excluding carboxylic acids is 5. The largest absolute Gasteiger partial charge is 0.347 e. The van der Waals surface area contributed by atoms with Gasteiger partial charge in [0.2, 0.25) is 17.6 Å². The second kappa shape index (κ2) is 11.7. The lowest BCUT2D eigenvalue weighted by Crippen LogP contribution is -2.64. The molecule has 5 amide bonds. The molecular weight excluding hydrogens is 622 g/mol. The van der Waals surface area contributed by atoms with E-state index in [2.05, 4.69) is 35.1 Å². The van der Waals surface area contributed by atoms with Crippen molar-refractivity contribution < 1.29 is 32.4 Å². The zero-order chi connectivity index (χ0) is 35.0. The predicted molar refractivity (Wildman–Crippen MR) is 177 cm³/mol. The maximum absolute atomic E-state index is 14.4. The summed E-state index contributed by atoms with van der Waals surface area (Å²) in [5.74, 6) is -2.41. The molecule has 0 bridgehead atoms. The van der Waals surface area contributed by atoms with Crippen molar-refractivity contribution in [1.29, 1.82) is 0 Å². The second-order valence-corrected chi connectivity index (χ2v) is 20.4. The number of carbonyl (C=O) groups is 5. The van der Waals surface area contributed by atoms with Crippen LogP contribution in [-0.2, 0) is 29.0 Å². The molecular formula is C34H55N5O7S. The van der Waals surface area contributed by atoms with E-state index >= 15 is 0 Å². The number of fused-ring (bicyclic) bond motifs is 1. The molecule has 5 aliphatic rings. The fourth-order valence-electron chi connectivity index (χ4n) is 7.69. The lowest BCUT2D eigenvalue weighted by atomic mass is 9.83. The van der Waals surface area contributed by atoms with Gasteiger partial charge in [0, 0.05) is 12.6 Å². The first-order chi connectivity index (χ1) is 21.5. The molecule has 264 valence electrons. The first-order valence-electron chi connectivity index (χ1n) is 17.3. The Kier molecular flexibility index (Phi) is 8.88. The molecule has 0 aromatic carbocycles. The number of hydrogen-bond acceptors (Lipinski definition) is 7. The summed E-state index contributed by atoms with van der Waals surface area (Å²) in [5, 5.41) is 11.5. The molecule has 1 saturated heterocycles. The molecule has 2 unspecified atom stereocenters. The highest BCUT2D eigenvalue weighted by atomic mass is 32.2. The molecule has 1 aliphatic heterocycles. The fraction of sp³-hybridized carbons (Fsp3) is 0.853. The molecule has 1 heterocycles. The summed E-state index contributed by atoms with van der Waals surface area (Å²) < 4.78 is 25.6. The highest BCUT2D eigenvalue weighted by Gasteiger charge is 2.70. The van der Waals surface area contributed by atoms with Gasteiger partial charge in [0.05, 0.1) is 16.0 Å². The zero-order valence-corrected chi connectivity index (χ0v) is 30.2. The molecule has 4 saturated carbocycles. The van der Waals surface area contributed by atoms with Crippen LogP contribution in [0.15, 0.2) is 0 Å². The summed E-state index contributed by atoms with van der Waals surface area (Å²) in [5.41, 5.74) is -3.12. The predicted octanol–water partition coefficient (Wildman–Crippen LogP) is 2.60. The Bertz CT molecular complexity index is 1430. The molecule has 4 aliphatic carbocycles. The third-order valence-corrected chi connectivity index (χ3v) is 14.2. The lowest BCUT2D eigenvalue weighted by molar-refractivity contribution is -0.145. The van der Waals surface area contributed by atoms with Gasteiger partial charge < -0.3 is 26.2 Å². The van der Waals surface area contributed by atoms with Crippen LogP contribution in [0.2, 0.25) is 0 Å². The Morgan fingerprint density at radius 1 is 0.872 bits per heavy atom. The Labute approximate surface area is 279 Å². The fourth-order valence-corrected chi connectivity index (χ4v) is 9.21. The average Bonchev–Trinajstić information content (AvgIpc) is 3.90. The zero-order valence-electron chi connectivity index (χ0n) is 29.4. The quantitative estimate of drug-likeness (QED) is 0.258. The highest BCUT2D eigenvalue weighted by Crippen LogP contribution is 2.65. The van der Waals surface area contributed by atoms with Crippen LogP contribution < -0.4 is 21.3 Å². The molecule has 47 heavy (non-hydrogen) atoms. The van der Waals surface area contributed by atoms with Gasteiger partial charge in [-0.1, -0.05) is 53.9 Å². The van der Waals surface area contributed by atoms with E-state index in [9.17, 15) is 32.4 Å². The van der Waals surface area contributed by atoms with Crippen molar-refractivity contribution in [2.75, 3.05) is 12.3 Å². The van der Waals surface area contributed by atoms with Gasteiger partial charge in [-0.15, -0.1) is 0 Å². The smallest absolute Gasteiger partial charge is 0.315 e. The maximum atomic E-state index is 14.4. The van der Waals surface area contributed by atoms with Gasteiger partial charge in [0.15, 0.2) is 9.84 Å². The van der Waals surface area contributed by atoms with Gasteiger partial charge in [-0.3, -0.25) is 19.2 Å². The minimum atomic E-state index is -3.55. The van der Waals surface area contributed by atoms with Crippen molar-refractivity contribution >= 4 is 39.4 Å². The van der Waals surface area contributed by atoms with Crippen molar-refractivity contribution in [2.45, 2.75) is 147 Å². The van der Waals surface area contributed by atoms with Crippen molar-refractivity contribution in [3.05, 3.63) is 0 Å². The summed E-state index contributed by atoms with van der Waals surface area (Å²) in [4.78, 5) is 69.2. The van der Waals surface area contributed by atoms with E-state index in [1.54, 1.807) is 20.8 Å². The van der Waals surface area contributed by atoms with Crippen LogP contribution in [0, 0.1) is 22.7 Å². The van der Waals surface area contributed by atoms with Gasteiger partial charge >= 0.3 is 6.03 Å². The van der Waals surface area contributed by atoms with Gasteiger partial charge in [-0.2, -0.15) is 0 Å². The Morgan fingerprint density at radius 3 is 1.98 bits per heavy atom. The van der Waals surface area contributed by atoms with Crippen LogP contribution in [0.25, 0.3) is 0 Å². The number of likely N-dealkylation sites (tertiary alicyclic amines) is 1. The topological polar surface area (TPSA) is 171 Å². The average molecular weight is 678 g/mol. The van der Waals surface area contributed by atoms with Crippen molar-refractivity contribution in [3.63, 3.8) is 0 Å². The van der Waals surface area contributed by atoms with Crippen LogP contribution >= 0.6 is 0 Å². The molecule has 0 radical (unpaired) electrons. The van der Waals surface area contributed by atoms with E-state index in [-0.39, 0.29) is 29.0 Å². The third-order valence-electron chi connectivity index (χ3n) is 11.4. The number of sulfone groups is 1. The molecule has 0 aromatic heterocycles. The number of amides is 5. The third kappa shape index (κ3) is 7.06. The standard InChI is InChI=1S/C34H55N5O7S/c1-30(2,3)24(36-29(44)38-33(14-10-9-11-15-33)19-47(45,46)31(4,5)6)28(43)39-18-21-22(32(21,7)8)23(39)26(41)37-34(16-17-34)25(40)27(42)35-20-12-13-20/h20-24H,9-19H2,1-8H3,(H,35,42)(H,37,41)(H2,36,38,44)/t21?,22?,23-,24-/m0/s1. The second-order valence-electron chi connectivity index (χ2n) is 17.6. The van der Waals surface area contributed by atoms with E-state index < -0.39 is 72.7 Å². The van der Waals surface area contributed by atoms with E-state index in [1.165, 1.54) is 4.90 Å². The Morgan fingerprint density at radius 2 is 1.47 bits per heavy atom. The molecule has 4 N–H and O–H groups in total. The summed E-state index contributed by atoms with van der Waals surface area (Å²) in [6, 6.07) is -2.46. The molecule has 13 heteroatoms. The molecule has 4 atom stereocenters. The number of urea groups is 1. The normalized spacial score (nSPS) is 27.9. The van der Waals surface area contributed by atoms with Gasteiger partial charge in [-0.25, -0.2) is 13.2 Å². The van der Waals surface area contributed by atoms with Crippen LogP contribution in [0.4, 0.5) is 4.79 Å². The number of ketones is 1. The first kappa shape index (κ1) is 35.6. The van der Waals surface area contributed by atoms with Crippen LogP contribution in [0.3, 0.4) is 0 Å². The van der Waals surface area contributed by atoms with Gasteiger partial charge in [0.25, 0.3) is 5.91 Å². The number of nitrogens with zero attached hydrogens (tertiary/aromatic N) is 1. The highest BCUT2D eigenvalue weighted by molar-refractivity contribution is 7.92. The SMILES string of the molecule is CC1(C)C2CN(C(=O)[C@H](NC(=O)NC3(CS(=O)(=O)C(C)(C)C)CCCCC3)C(C)(C)C)[C@H](C(=O)NC3(C(=O)C(=O)NC4CC4)CC3)C21. The molecule has 0 spiro atoms. The summed E-state index contributed by atoms with van der Waals surface area (Å²) in [6.07, 6.45) is 6.00. The number of rotatable bonds is 10. The molecule has 5 fully saturated rings. The minimum Gasteiger partial charge on any atom is -0.347 e. The first-order valence-corrected chi connectivity index (χ1v) is 19.0. The van der Waals surface area contributed by atoms with E-state index in [4.69, 9.17) is 0 Å². The van der Waals surface area contributed by atoms with Crippen LogP contribution in [0.1, 0.15) is 113 Å². The Hall–Kier alpha value is -2.70. The maximum Gasteiger partial charge on any atom is 0.315 e. The number of hydrogen-bond donors (Lipinski definition) is 4. The number of Topliss-reactive ketones (excluding diaryl/α,β-unsaturated/α-hetero) is 1. The summed E-state index contributed by atoms with van der Waals surface area (Å²) in [7, 11) is -3.55. The summed E-state index contributed by atoms with van der Waals surface area (Å²) >= 11 is 0. The molecule has 12 nitrogen and oxygen atoms in total. The van der Waals surface area contributed by atoms with Gasteiger partial charge in [0.1, 0.15) is 17.6 Å². The van der Waals surface area contributed by atoms with Crippen molar-refractivity contribution in [2.24, 2.45) is 22.7 Å². The Balaban J connectivity index is 1.33. The van der Waals surface area contributed by atoms with Crippen molar-refractivity contribution in [1.82, 2.24) is 26.2 Å². The monoisotopic (exact) mass is 677 g/mol. The molecule has 5 rings (SSSR count). The van der Waals surface area contributed by atoms with E-state index in [0.29, 0.717) is 32.2 Å². The van der Waals surface area contributed by atoms with E-state index in [1.807, 2.05) is 20.8 Å². The van der Waals surface area contributed by atoms with Crippen LogP contribution in [0.5, 0.6) is 0 Å². The van der Waals surface area contributed by atoms with E-state index in [0.717, 1.165) is 32.1 Å². The van der Waals surface area contributed by atoms with Gasteiger partial charge in [-0.05, 0) is 82.0 Å². The number of piperidine rings is 1. The summed E-state index contributed by atoms with van der Waals surface area (Å²) in [6.45, 7) is 14.9. The molecule has 0 aromatic rings. The van der Waals surface area contributed by atoms with Crippen LogP contribution in [-0.4, -0.2) is 89.1 Å². The lowest BCUT2D eigenvalue weighted by Gasteiger charge is -2.41.